The highest BCUT2D eigenvalue weighted by Crippen LogP contribution is 2.24. The monoisotopic (exact) mass is 438 g/mol. The van der Waals surface area contributed by atoms with Crippen LogP contribution >= 0.6 is 0 Å². The van der Waals surface area contributed by atoms with E-state index in [4.69, 9.17) is 9.47 Å². The van der Waals surface area contributed by atoms with Crippen molar-refractivity contribution >= 4 is 21.9 Å². The van der Waals surface area contributed by atoms with Crippen LogP contribution in [0.2, 0.25) is 0 Å². The lowest BCUT2D eigenvalue weighted by Gasteiger charge is -2.30. The SMILES string of the molecule is C[C@@H](OC(=O)c1cccc(S(=O)(=O)N2CCOCC2)c1)C(=O)N[C@@H]1CCCC[C@@H]1C. The van der Waals surface area contributed by atoms with Crippen molar-refractivity contribution in [1.29, 1.82) is 0 Å². The van der Waals surface area contributed by atoms with Crippen LogP contribution in [0.5, 0.6) is 0 Å². The summed E-state index contributed by atoms with van der Waals surface area (Å²) in [5.74, 6) is -0.666. The minimum absolute atomic E-state index is 0.0204. The summed E-state index contributed by atoms with van der Waals surface area (Å²) in [6, 6.07) is 5.81. The van der Waals surface area contributed by atoms with Gasteiger partial charge in [-0.2, -0.15) is 4.31 Å². The Kier molecular flexibility index (Phi) is 7.49. The van der Waals surface area contributed by atoms with E-state index in [0.29, 0.717) is 19.1 Å². The van der Waals surface area contributed by atoms with E-state index in [1.165, 1.54) is 41.9 Å². The van der Waals surface area contributed by atoms with Crippen molar-refractivity contribution in [2.24, 2.45) is 5.92 Å². The Hall–Kier alpha value is -1.97. The van der Waals surface area contributed by atoms with Gasteiger partial charge in [-0.25, -0.2) is 13.2 Å². The van der Waals surface area contributed by atoms with Crippen molar-refractivity contribution in [2.45, 2.75) is 56.6 Å². The highest BCUT2D eigenvalue weighted by atomic mass is 32.2. The maximum Gasteiger partial charge on any atom is 0.338 e. The van der Waals surface area contributed by atoms with E-state index in [1.54, 1.807) is 0 Å². The number of hydrogen-bond acceptors (Lipinski definition) is 6. The second-order valence-electron chi connectivity index (χ2n) is 7.97. The number of nitrogens with one attached hydrogen (secondary N) is 1. The predicted molar refractivity (Wildman–Crippen MR) is 110 cm³/mol. The third-order valence-electron chi connectivity index (χ3n) is 5.77. The number of benzene rings is 1. The molecule has 0 aromatic heterocycles. The van der Waals surface area contributed by atoms with Crippen LogP contribution in [0.4, 0.5) is 0 Å². The summed E-state index contributed by atoms with van der Waals surface area (Å²) in [7, 11) is -3.72. The van der Waals surface area contributed by atoms with Crippen LogP contribution in [0.1, 0.15) is 49.9 Å². The molecule has 1 aliphatic heterocycles. The molecule has 3 atom stereocenters. The lowest BCUT2D eigenvalue weighted by molar-refractivity contribution is -0.130. The van der Waals surface area contributed by atoms with Gasteiger partial charge >= 0.3 is 5.97 Å². The molecule has 1 N–H and O–H groups in total. The van der Waals surface area contributed by atoms with Gasteiger partial charge in [0.25, 0.3) is 5.91 Å². The first kappa shape index (κ1) is 22.7. The molecule has 0 radical (unpaired) electrons. The number of carbonyl (C=O) groups is 2. The average Bonchev–Trinajstić information content (AvgIpc) is 2.76. The first-order valence-corrected chi connectivity index (χ1v) is 11.9. The third-order valence-corrected chi connectivity index (χ3v) is 7.66. The fraction of sp³-hybridized carbons (Fsp3) is 0.619. The Bertz CT molecular complexity index is 866. The van der Waals surface area contributed by atoms with Crippen molar-refractivity contribution in [3.63, 3.8) is 0 Å². The molecule has 2 fully saturated rings. The van der Waals surface area contributed by atoms with Gasteiger partial charge in [0.05, 0.1) is 23.7 Å². The smallest absolute Gasteiger partial charge is 0.338 e. The Morgan fingerprint density at radius 1 is 1.20 bits per heavy atom. The van der Waals surface area contributed by atoms with Crippen LogP contribution < -0.4 is 5.32 Å². The zero-order valence-corrected chi connectivity index (χ0v) is 18.3. The highest BCUT2D eigenvalue weighted by Gasteiger charge is 2.29. The van der Waals surface area contributed by atoms with Crippen molar-refractivity contribution in [3.8, 4) is 0 Å². The quantitative estimate of drug-likeness (QED) is 0.681. The molecule has 1 saturated heterocycles. The van der Waals surface area contributed by atoms with Crippen molar-refractivity contribution in [1.82, 2.24) is 9.62 Å². The number of morpholine rings is 1. The van der Waals surface area contributed by atoms with Gasteiger partial charge in [0, 0.05) is 19.1 Å². The van der Waals surface area contributed by atoms with Crippen LogP contribution in [0.25, 0.3) is 0 Å². The van der Waals surface area contributed by atoms with Gasteiger partial charge in [-0.1, -0.05) is 25.8 Å². The minimum Gasteiger partial charge on any atom is -0.449 e. The van der Waals surface area contributed by atoms with E-state index in [-0.39, 0.29) is 35.5 Å². The Morgan fingerprint density at radius 3 is 2.60 bits per heavy atom. The Balaban J connectivity index is 1.63. The molecule has 1 heterocycles. The van der Waals surface area contributed by atoms with Gasteiger partial charge in [0.1, 0.15) is 0 Å². The van der Waals surface area contributed by atoms with Crippen LogP contribution in [-0.4, -0.2) is 63.0 Å². The topological polar surface area (TPSA) is 102 Å². The number of nitrogens with zero attached hydrogens (tertiary/aromatic N) is 1. The first-order chi connectivity index (χ1) is 14.3. The van der Waals surface area contributed by atoms with E-state index in [9.17, 15) is 18.0 Å². The first-order valence-electron chi connectivity index (χ1n) is 10.5. The summed E-state index contributed by atoms with van der Waals surface area (Å²) in [6.45, 7) is 4.86. The fourth-order valence-electron chi connectivity index (χ4n) is 3.83. The molecule has 1 aromatic carbocycles. The fourth-order valence-corrected chi connectivity index (χ4v) is 5.29. The normalized spacial score (nSPS) is 24.1. The number of hydrogen-bond donors (Lipinski definition) is 1. The summed E-state index contributed by atoms with van der Waals surface area (Å²) >= 11 is 0. The van der Waals surface area contributed by atoms with E-state index in [2.05, 4.69) is 12.2 Å². The molecule has 0 bridgehead atoms. The molecular formula is C21H30N2O6S. The zero-order chi connectivity index (χ0) is 21.7. The average molecular weight is 439 g/mol. The number of carbonyl (C=O) groups excluding carboxylic acids is 2. The molecule has 9 heteroatoms. The summed E-state index contributed by atoms with van der Waals surface area (Å²) < 4.78 is 37.4. The molecule has 1 aliphatic carbocycles. The van der Waals surface area contributed by atoms with E-state index >= 15 is 0 Å². The molecular weight excluding hydrogens is 408 g/mol. The minimum atomic E-state index is -3.72. The van der Waals surface area contributed by atoms with Crippen LogP contribution in [0, 0.1) is 5.92 Å². The molecule has 8 nitrogen and oxygen atoms in total. The molecule has 1 amide bonds. The van der Waals surface area contributed by atoms with Crippen molar-refractivity contribution in [3.05, 3.63) is 29.8 Å². The molecule has 30 heavy (non-hydrogen) atoms. The summed E-state index contributed by atoms with van der Waals surface area (Å²) in [6.07, 6.45) is 3.28. The molecule has 166 valence electrons. The maximum absolute atomic E-state index is 12.8. The van der Waals surface area contributed by atoms with Crippen LogP contribution in [0.3, 0.4) is 0 Å². The molecule has 1 aromatic rings. The highest BCUT2D eigenvalue weighted by molar-refractivity contribution is 7.89. The van der Waals surface area contributed by atoms with E-state index in [1.807, 2.05) is 0 Å². The van der Waals surface area contributed by atoms with E-state index in [0.717, 1.165) is 19.3 Å². The van der Waals surface area contributed by atoms with Gasteiger partial charge in [0.15, 0.2) is 6.10 Å². The van der Waals surface area contributed by atoms with Gasteiger partial charge in [-0.3, -0.25) is 4.79 Å². The molecule has 0 spiro atoms. The second kappa shape index (κ2) is 9.89. The number of sulfonamides is 1. The summed E-state index contributed by atoms with van der Waals surface area (Å²) in [5.41, 5.74) is 0.0926. The van der Waals surface area contributed by atoms with Gasteiger partial charge in [0.2, 0.25) is 10.0 Å². The number of ether oxygens (including phenoxy) is 2. The van der Waals surface area contributed by atoms with Gasteiger partial charge < -0.3 is 14.8 Å². The third kappa shape index (κ3) is 5.39. The van der Waals surface area contributed by atoms with Crippen molar-refractivity contribution in [2.75, 3.05) is 26.3 Å². The van der Waals surface area contributed by atoms with Crippen LogP contribution in [-0.2, 0) is 24.3 Å². The largest absolute Gasteiger partial charge is 0.449 e. The molecule has 1 saturated carbocycles. The Morgan fingerprint density at radius 2 is 1.90 bits per heavy atom. The Labute approximate surface area is 178 Å². The molecule has 0 unspecified atom stereocenters. The summed E-state index contributed by atoms with van der Waals surface area (Å²) in [4.78, 5) is 25.0. The number of esters is 1. The second-order valence-corrected chi connectivity index (χ2v) is 9.91. The molecule has 2 aliphatic rings. The van der Waals surface area contributed by atoms with Crippen molar-refractivity contribution < 1.29 is 27.5 Å². The summed E-state index contributed by atoms with van der Waals surface area (Å²) in [5, 5.41) is 2.97. The lowest BCUT2D eigenvalue weighted by Crippen LogP contribution is -2.46. The molecule has 3 rings (SSSR count). The van der Waals surface area contributed by atoms with Gasteiger partial charge in [-0.15, -0.1) is 0 Å². The number of rotatable bonds is 6. The van der Waals surface area contributed by atoms with Crippen LogP contribution in [0.15, 0.2) is 29.2 Å². The van der Waals surface area contributed by atoms with Gasteiger partial charge in [-0.05, 0) is 43.9 Å². The maximum atomic E-state index is 12.8. The van der Waals surface area contributed by atoms with E-state index < -0.39 is 22.1 Å². The standard InChI is InChI=1S/C21H30N2O6S/c1-15-6-3-4-9-19(15)22-20(24)16(2)29-21(25)17-7-5-8-18(14-17)30(26,27)23-10-12-28-13-11-23/h5,7-8,14-16,19H,3-4,6,9-13H2,1-2H3,(H,22,24)/t15-,16+,19+/m0/s1. The predicted octanol–water partition coefficient (Wildman–Crippen LogP) is 1.95. The lowest BCUT2D eigenvalue weighted by atomic mass is 9.86. The number of amides is 1. The zero-order valence-electron chi connectivity index (χ0n) is 17.5.